The highest BCUT2D eigenvalue weighted by atomic mass is 32.1. The molecule has 0 spiro atoms. The number of benzene rings is 1. The molecule has 6 heteroatoms. The van der Waals surface area contributed by atoms with Gasteiger partial charge in [-0.1, -0.05) is 6.08 Å². The van der Waals surface area contributed by atoms with Crippen molar-refractivity contribution >= 4 is 17.2 Å². The lowest BCUT2D eigenvalue weighted by atomic mass is 9.98. The van der Waals surface area contributed by atoms with Gasteiger partial charge in [0.2, 0.25) is 5.91 Å². The third kappa shape index (κ3) is 3.65. The number of hydrogen-bond acceptors (Lipinski definition) is 4. The molecule has 0 fully saturated rings. The van der Waals surface area contributed by atoms with E-state index in [1.807, 2.05) is 0 Å². The second kappa shape index (κ2) is 7.02. The largest absolute Gasteiger partial charge is 0.345 e. The second-order valence-corrected chi connectivity index (χ2v) is 6.46. The molecule has 0 bridgehead atoms. The molecule has 2 aromatic rings. The van der Waals surface area contributed by atoms with E-state index in [0.717, 1.165) is 40.4 Å². The highest BCUT2D eigenvalue weighted by Gasteiger charge is 2.25. The van der Waals surface area contributed by atoms with Gasteiger partial charge >= 0.3 is 0 Å². The number of fused-ring (bicyclic) bond motifs is 1. The molecular formula is C17H18FN3OS. The highest BCUT2D eigenvalue weighted by Crippen LogP contribution is 2.37. The molecule has 0 saturated heterocycles. The van der Waals surface area contributed by atoms with Crippen LogP contribution in [0.25, 0.3) is 10.6 Å². The van der Waals surface area contributed by atoms with Crippen molar-refractivity contribution in [1.29, 1.82) is 0 Å². The van der Waals surface area contributed by atoms with Crippen LogP contribution < -0.4 is 11.1 Å². The molecule has 1 heterocycles. The van der Waals surface area contributed by atoms with Crippen molar-refractivity contribution in [2.75, 3.05) is 6.54 Å². The summed E-state index contributed by atoms with van der Waals surface area (Å²) in [7, 11) is 0. The van der Waals surface area contributed by atoms with Crippen LogP contribution in [0.4, 0.5) is 4.39 Å². The molecule has 23 heavy (non-hydrogen) atoms. The van der Waals surface area contributed by atoms with Gasteiger partial charge in [-0.05, 0) is 43.5 Å². The van der Waals surface area contributed by atoms with Gasteiger partial charge in [0.15, 0.2) is 0 Å². The minimum atomic E-state index is -0.257. The molecule has 1 aromatic heterocycles. The number of halogens is 1. The van der Waals surface area contributed by atoms with Crippen molar-refractivity contribution in [2.45, 2.75) is 25.3 Å². The molecular weight excluding hydrogens is 313 g/mol. The fourth-order valence-corrected chi connectivity index (χ4v) is 3.87. The number of aromatic nitrogens is 1. The van der Waals surface area contributed by atoms with E-state index in [-0.39, 0.29) is 17.8 Å². The molecule has 1 aliphatic rings. The number of carbonyl (C=O) groups is 1. The van der Waals surface area contributed by atoms with Crippen LogP contribution in [0.2, 0.25) is 0 Å². The van der Waals surface area contributed by atoms with Gasteiger partial charge < -0.3 is 11.1 Å². The maximum absolute atomic E-state index is 13.1. The Morgan fingerprint density at radius 3 is 2.96 bits per heavy atom. The van der Waals surface area contributed by atoms with Gasteiger partial charge in [-0.2, -0.15) is 0 Å². The van der Waals surface area contributed by atoms with Gasteiger partial charge in [-0.25, -0.2) is 9.37 Å². The summed E-state index contributed by atoms with van der Waals surface area (Å²) < 4.78 is 13.1. The molecule has 1 unspecified atom stereocenters. The van der Waals surface area contributed by atoms with E-state index in [0.29, 0.717) is 6.54 Å². The maximum Gasteiger partial charge on any atom is 0.244 e. The predicted molar refractivity (Wildman–Crippen MR) is 89.5 cm³/mol. The van der Waals surface area contributed by atoms with Crippen molar-refractivity contribution in [3.63, 3.8) is 0 Å². The average Bonchev–Trinajstić information content (AvgIpc) is 2.99. The van der Waals surface area contributed by atoms with Crippen LogP contribution in [0.1, 0.15) is 29.5 Å². The molecule has 1 aromatic carbocycles. The van der Waals surface area contributed by atoms with Crippen molar-refractivity contribution in [3.8, 4) is 10.6 Å². The van der Waals surface area contributed by atoms with Crippen molar-refractivity contribution in [2.24, 2.45) is 5.73 Å². The van der Waals surface area contributed by atoms with Gasteiger partial charge in [-0.15, -0.1) is 11.3 Å². The first-order chi connectivity index (χ1) is 11.2. The zero-order chi connectivity index (χ0) is 16.2. The molecule has 0 saturated carbocycles. The van der Waals surface area contributed by atoms with Crippen LogP contribution in [-0.4, -0.2) is 17.4 Å². The quantitative estimate of drug-likeness (QED) is 0.847. The van der Waals surface area contributed by atoms with Crippen molar-refractivity contribution in [3.05, 3.63) is 52.8 Å². The first kappa shape index (κ1) is 15.8. The Hall–Kier alpha value is -2.05. The highest BCUT2D eigenvalue weighted by molar-refractivity contribution is 7.15. The summed E-state index contributed by atoms with van der Waals surface area (Å²) in [4.78, 5) is 17.7. The number of thiazole rings is 1. The molecule has 1 aliphatic carbocycles. The Morgan fingerprint density at radius 1 is 1.43 bits per heavy atom. The summed E-state index contributed by atoms with van der Waals surface area (Å²) in [6, 6.07) is 6.33. The van der Waals surface area contributed by atoms with Crippen LogP contribution in [0.5, 0.6) is 0 Å². The predicted octanol–water partition coefficient (Wildman–Crippen LogP) is 2.96. The number of nitrogens with zero attached hydrogens (tertiary/aromatic N) is 1. The topological polar surface area (TPSA) is 68.0 Å². The van der Waals surface area contributed by atoms with E-state index >= 15 is 0 Å². The fourth-order valence-electron chi connectivity index (χ4n) is 2.67. The van der Waals surface area contributed by atoms with Crippen LogP contribution in [0, 0.1) is 5.82 Å². The monoisotopic (exact) mass is 331 g/mol. The number of rotatable bonds is 4. The average molecular weight is 331 g/mol. The van der Waals surface area contributed by atoms with E-state index in [1.54, 1.807) is 29.5 Å². The fraction of sp³-hybridized carbons (Fsp3) is 0.294. The SMILES string of the molecule is NCC=CC(=O)NC1CCCc2nc(-c3ccc(F)cc3)sc21. The van der Waals surface area contributed by atoms with Crippen LogP contribution in [0.3, 0.4) is 0 Å². The van der Waals surface area contributed by atoms with E-state index in [9.17, 15) is 9.18 Å². The Balaban J connectivity index is 1.83. The lowest BCUT2D eigenvalue weighted by molar-refractivity contribution is -0.117. The number of amides is 1. The number of hydrogen-bond donors (Lipinski definition) is 2. The van der Waals surface area contributed by atoms with Gasteiger partial charge in [0, 0.05) is 18.2 Å². The maximum atomic E-state index is 13.1. The number of aryl methyl sites for hydroxylation is 1. The summed E-state index contributed by atoms with van der Waals surface area (Å²) in [5.74, 6) is -0.392. The zero-order valence-electron chi connectivity index (χ0n) is 12.6. The third-order valence-corrected chi connectivity index (χ3v) is 5.02. The molecule has 4 nitrogen and oxygen atoms in total. The molecule has 120 valence electrons. The lowest BCUT2D eigenvalue weighted by Crippen LogP contribution is -2.29. The van der Waals surface area contributed by atoms with Gasteiger partial charge in [0.25, 0.3) is 0 Å². The summed E-state index contributed by atoms with van der Waals surface area (Å²) in [5, 5.41) is 3.88. The summed E-state index contributed by atoms with van der Waals surface area (Å²) in [6.45, 7) is 0.346. The Bertz CT molecular complexity index is 724. The number of nitrogens with one attached hydrogen (secondary N) is 1. The van der Waals surface area contributed by atoms with Crippen LogP contribution in [0.15, 0.2) is 36.4 Å². The van der Waals surface area contributed by atoms with Gasteiger partial charge in [0.05, 0.1) is 16.6 Å². The molecule has 1 amide bonds. The minimum Gasteiger partial charge on any atom is -0.345 e. The number of carbonyl (C=O) groups excluding carboxylic acids is 1. The molecule has 3 rings (SSSR count). The molecule has 3 N–H and O–H groups in total. The number of nitrogens with two attached hydrogens (primary N) is 1. The Labute approximate surface area is 138 Å². The Morgan fingerprint density at radius 2 is 2.22 bits per heavy atom. The minimum absolute atomic E-state index is 0.0135. The molecule has 0 radical (unpaired) electrons. The molecule has 0 aliphatic heterocycles. The van der Waals surface area contributed by atoms with E-state index in [1.165, 1.54) is 18.2 Å². The van der Waals surface area contributed by atoms with Crippen LogP contribution in [-0.2, 0) is 11.2 Å². The van der Waals surface area contributed by atoms with E-state index < -0.39 is 0 Å². The van der Waals surface area contributed by atoms with Crippen molar-refractivity contribution in [1.82, 2.24) is 10.3 Å². The van der Waals surface area contributed by atoms with Crippen molar-refractivity contribution < 1.29 is 9.18 Å². The second-order valence-electron chi connectivity index (χ2n) is 5.43. The Kier molecular flexibility index (Phi) is 4.83. The summed E-state index contributed by atoms with van der Waals surface area (Å²) in [5.41, 5.74) is 7.30. The smallest absolute Gasteiger partial charge is 0.244 e. The third-order valence-electron chi connectivity index (χ3n) is 3.76. The summed E-state index contributed by atoms with van der Waals surface area (Å²) >= 11 is 1.57. The lowest BCUT2D eigenvalue weighted by Gasteiger charge is -2.21. The summed E-state index contributed by atoms with van der Waals surface area (Å²) in [6.07, 6.45) is 5.91. The normalized spacial score (nSPS) is 17.2. The van der Waals surface area contributed by atoms with E-state index in [2.05, 4.69) is 10.3 Å². The molecule has 1 atom stereocenters. The van der Waals surface area contributed by atoms with Gasteiger partial charge in [0.1, 0.15) is 10.8 Å². The van der Waals surface area contributed by atoms with E-state index in [4.69, 9.17) is 5.73 Å². The zero-order valence-corrected chi connectivity index (χ0v) is 13.4. The van der Waals surface area contributed by atoms with Crippen LogP contribution >= 0.6 is 11.3 Å². The first-order valence-electron chi connectivity index (χ1n) is 7.60. The standard InChI is InChI=1S/C17H18FN3OS/c18-12-8-6-11(7-9-12)17-21-14-4-1-3-13(16(14)23-17)20-15(22)5-2-10-19/h2,5-9,13H,1,3-4,10,19H2,(H,20,22). The first-order valence-corrected chi connectivity index (χ1v) is 8.41. The van der Waals surface area contributed by atoms with Gasteiger partial charge in [-0.3, -0.25) is 4.79 Å².